The van der Waals surface area contributed by atoms with E-state index in [0.717, 1.165) is 52.5 Å². The van der Waals surface area contributed by atoms with E-state index in [2.05, 4.69) is 10.2 Å². The van der Waals surface area contributed by atoms with Crippen LogP contribution in [0.25, 0.3) is 0 Å². The van der Waals surface area contributed by atoms with Gasteiger partial charge in [0.2, 0.25) is 5.91 Å². The van der Waals surface area contributed by atoms with Crippen molar-refractivity contribution < 1.29 is 14.3 Å². The van der Waals surface area contributed by atoms with Crippen LogP contribution in [0, 0.1) is 0 Å². The second kappa shape index (κ2) is 11.5. The van der Waals surface area contributed by atoms with Crippen LogP contribution in [-0.4, -0.2) is 87.4 Å². The summed E-state index contributed by atoms with van der Waals surface area (Å²) in [4.78, 5) is 16.6. The molecule has 2 aliphatic heterocycles. The molecular weight excluding hydrogens is 317 g/mol. The molecule has 2 heterocycles. The molecule has 1 unspecified atom stereocenters. The second-order valence-electron chi connectivity index (χ2n) is 4.95. The number of hydrogen-bond donors (Lipinski definition) is 1. The van der Waals surface area contributed by atoms with E-state index < -0.39 is 0 Å². The van der Waals surface area contributed by atoms with E-state index in [0.29, 0.717) is 13.2 Å². The molecule has 21 heavy (non-hydrogen) atoms. The van der Waals surface area contributed by atoms with Gasteiger partial charge in [0.15, 0.2) is 0 Å². The fraction of sp³-hybridized carbons (Fsp3) is 0.923. The molecule has 0 bridgehead atoms. The second-order valence-corrected chi connectivity index (χ2v) is 4.95. The first-order valence-corrected chi connectivity index (χ1v) is 7.21. The zero-order chi connectivity index (χ0) is 13.5. The van der Waals surface area contributed by atoms with E-state index in [1.807, 2.05) is 11.8 Å². The summed E-state index contributed by atoms with van der Waals surface area (Å²) >= 11 is 0. The van der Waals surface area contributed by atoms with E-state index in [-0.39, 0.29) is 36.8 Å². The number of morpholine rings is 1. The summed E-state index contributed by atoms with van der Waals surface area (Å²) in [5.41, 5.74) is 0. The summed E-state index contributed by atoms with van der Waals surface area (Å²) in [5, 5.41) is 3.22. The number of hydrogen-bond acceptors (Lipinski definition) is 5. The van der Waals surface area contributed by atoms with E-state index >= 15 is 0 Å². The van der Waals surface area contributed by atoms with E-state index in [1.165, 1.54) is 0 Å². The largest absolute Gasteiger partial charge is 0.380 e. The molecule has 0 aromatic heterocycles. The Labute approximate surface area is 139 Å². The Morgan fingerprint density at radius 2 is 2.00 bits per heavy atom. The average molecular weight is 344 g/mol. The first kappa shape index (κ1) is 20.9. The highest BCUT2D eigenvalue weighted by molar-refractivity contribution is 5.85. The Hall–Kier alpha value is -0.110. The maximum Gasteiger partial charge on any atom is 0.242 e. The van der Waals surface area contributed by atoms with Gasteiger partial charge >= 0.3 is 0 Å². The minimum absolute atomic E-state index is 0. The molecule has 0 spiro atoms. The molecule has 2 saturated heterocycles. The van der Waals surface area contributed by atoms with Gasteiger partial charge in [0, 0.05) is 45.9 Å². The summed E-state index contributed by atoms with van der Waals surface area (Å²) in [6.45, 7) is 9.99. The molecule has 0 saturated carbocycles. The number of piperazine rings is 1. The summed E-state index contributed by atoms with van der Waals surface area (Å²) in [5.74, 6) is 0.184. The third-order valence-electron chi connectivity index (χ3n) is 3.66. The van der Waals surface area contributed by atoms with Gasteiger partial charge in [-0.3, -0.25) is 9.69 Å². The van der Waals surface area contributed by atoms with Gasteiger partial charge in [-0.15, -0.1) is 24.8 Å². The van der Waals surface area contributed by atoms with Crippen molar-refractivity contribution in [1.82, 2.24) is 15.1 Å². The molecule has 1 N–H and O–H groups in total. The molecule has 8 heteroatoms. The summed E-state index contributed by atoms with van der Waals surface area (Å²) < 4.78 is 10.7. The van der Waals surface area contributed by atoms with Crippen molar-refractivity contribution in [3.8, 4) is 0 Å². The van der Waals surface area contributed by atoms with Crippen LogP contribution in [0.15, 0.2) is 0 Å². The summed E-state index contributed by atoms with van der Waals surface area (Å²) in [6.07, 6.45) is 0. The predicted molar refractivity (Wildman–Crippen MR) is 86.6 cm³/mol. The van der Waals surface area contributed by atoms with Gasteiger partial charge in [0.05, 0.1) is 19.8 Å². The molecule has 0 radical (unpaired) electrons. The maximum atomic E-state index is 12.3. The van der Waals surface area contributed by atoms with Crippen molar-refractivity contribution >= 4 is 30.7 Å². The third-order valence-corrected chi connectivity index (χ3v) is 3.66. The van der Waals surface area contributed by atoms with Crippen molar-refractivity contribution in [2.75, 3.05) is 65.7 Å². The Bertz CT molecular complexity index is 284. The van der Waals surface area contributed by atoms with Crippen LogP contribution >= 0.6 is 24.8 Å². The van der Waals surface area contributed by atoms with Crippen molar-refractivity contribution in [3.63, 3.8) is 0 Å². The maximum absolute atomic E-state index is 12.3. The predicted octanol–water partition coefficient (Wildman–Crippen LogP) is -0.000900. The lowest BCUT2D eigenvalue weighted by atomic mass is 10.2. The normalized spacial score (nSPS) is 23.1. The van der Waals surface area contributed by atoms with Gasteiger partial charge in [0.25, 0.3) is 0 Å². The lowest BCUT2D eigenvalue weighted by Gasteiger charge is -2.37. The minimum atomic E-state index is -0.149. The van der Waals surface area contributed by atoms with Gasteiger partial charge in [-0.1, -0.05) is 0 Å². The Kier molecular flexibility index (Phi) is 11.4. The fourth-order valence-corrected chi connectivity index (χ4v) is 2.47. The Morgan fingerprint density at radius 1 is 1.29 bits per heavy atom. The van der Waals surface area contributed by atoms with E-state index in [1.54, 1.807) is 0 Å². The van der Waals surface area contributed by atoms with Crippen LogP contribution in [0.5, 0.6) is 0 Å². The highest BCUT2D eigenvalue weighted by atomic mass is 35.5. The Balaban J connectivity index is 0.00000200. The molecule has 126 valence electrons. The number of halogens is 2. The third kappa shape index (κ3) is 6.67. The number of nitrogens with one attached hydrogen (secondary N) is 1. The standard InChI is InChI=1S/C13H25N3O3.2ClH/c1-2-18-10-8-15-4-6-16(7-5-15)13(17)12-11-19-9-3-14-12;;/h12,14H,2-11H2,1H3;2*1H. The number of nitrogens with zero attached hydrogens (tertiary/aromatic N) is 2. The van der Waals surface area contributed by atoms with Gasteiger partial charge in [-0.2, -0.15) is 0 Å². The molecule has 0 aliphatic carbocycles. The van der Waals surface area contributed by atoms with Crippen molar-refractivity contribution in [3.05, 3.63) is 0 Å². The number of amides is 1. The van der Waals surface area contributed by atoms with Crippen molar-refractivity contribution in [2.45, 2.75) is 13.0 Å². The topological polar surface area (TPSA) is 54.0 Å². The van der Waals surface area contributed by atoms with Crippen LogP contribution < -0.4 is 5.32 Å². The summed E-state index contributed by atoms with van der Waals surface area (Å²) in [6, 6.07) is -0.149. The molecule has 0 aromatic rings. The van der Waals surface area contributed by atoms with Crippen LogP contribution in [0.4, 0.5) is 0 Å². The van der Waals surface area contributed by atoms with Crippen LogP contribution in [0.1, 0.15) is 6.92 Å². The van der Waals surface area contributed by atoms with Gasteiger partial charge in [-0.05, 0) is 6.92 Å². The molecule has 1 atom stereocenters. The number of rotatable bonds is 5. The Morgan fingerprint density at radius 3 is 2.57 bits per heavy atom. The van der Waals surface area contributed by atoms with Crippen LogP contribution in [0.3, 0.4) is 0 Å². The average Bonchev–Trinajstić information content (AvgIpc) is 2.48. The van der Waals surface area contributed by atoms with Gasteiger partial charge in [0.1, 0.15) is 6.04 Å². The molecule has 0 aromatic carbocycles. The molecule has 2 rings (SSSR count). The van der Waals surface area contributed by atoms with Gasteiger partial charge < -0.3 is 19.7 Å². The molecule has 6 nitrogen and oxygen atoms in total. The zero-order valence-corrected chi connectivity index (χ0v) is 14.2. The number of carbonyl (C=O) groups excluding carboxylic acids is 1. The zero-order valence-electron chi connectivity index (χ0n) is 12.6. The quantitative estimate of drug-likeness (QED) is 0.712. The van der Waals surface area contributed by atoms with Crippen LogP contribution in [-0.2, 0) is 14.3 Å². The minimum Gasteiger partial charge on any atom is -0.380 e. The molecule has 2 aliphatic rings. The van der Waals surface area contributed by atoms with Crippen LogP contribution in [0.2, 0.25) is 0 Å². The fourth-order valence-electron chi connectivity index (χ4n) is 2.47. The van der Waals surface area contributed by atoms with E-state index in [9.17, 15) is 4.79 Å². The molecule has 2 fully saturated rings. The van der Waals surface area contributed by atoms with Crippen molar-refractivity contribution in [1.29, 1.82) is 0 Å². The number of carbonyl (C=O) groups is 1. The first-order valence-electron chi connectivity index (χ1n) is 7.21. The first-order chi connectivity index (χ1) is 9.31. The van der Waals surface area contributed by atoms with Gasteiger partial charge in [-0.25, -0.2) is 0 Å². The monoisotopic (exact) mass is 343 g/mol. The lowest BCUT2D eigenvalue weighted by Crippen LogP contribution is -2.57. The number of ether oxygens (including phenoxy) is 2. The lowest BCUT2D eigenvalue weighted by molar-refractivity contribution is -0.138. The highest BCUT2D eigenvalue weighted by Gasteiger charge is 2.28. The van der Waals surface area contributed by atoms with Crippen molar-refractivity contribution in [2.24, 2.45) is 0 Å². The summed E-state index contributed by atoms with van der Waals surface area (Å²) in [7, 11) is 0. The molecular formula is C13H27Cl2N3O3. The smallest absolute Gasteiger partial charge is 0.242 e. The SMILES string of the molecule is CCOCCN1CCN(C(=O)C2COCCN2)CC1.Cl.Cl. The van der Waals surface area contributed by atoms with E-state index in [4.69, 9.17) is 9.47 Å². The molecule has 1 amide bonds. The highest BCUT2D eigenvalue weighted by Crippen LogP contribution is 2.06.